The molecule has 0 aromatic heterocycles. The van der Waals surface area contributed by atoms with Crippen molar-refractivity contribution in [3.05, 3.63) is 17.7 Å². The van der Waals surface area contributed by atoms with Crippen LogP contribution in [0.3, 0.4) is 0 Å². The van der Waals surface area contributed by atoms with E-state index in [-0.39, 0.29) is 5.91 Å². The minimum atomic E-state index is 0.0142. The van der Waals surface area contributed by atoms with Gasteiger partial charge in [0.1, 0.15) is 0 Å². The summed E-state index contributed by atoms with van der Waals surface area (Å²) >= 11 is 0. The normalized spacial score (nSPS) is 13.5. The van der Waals surface area contributed by atoms with Crippen LogP contribution >= 0.6 is 0 Å². The van der Waals surface area contributed by atoms with Crippen LogP contribution in [0.15, 0.2) is 12.1 Å². The minimum absolute atomic E-state index is 0.0142. The van der Waals surface area contributed by atoms with Gasteiger partial charge >= 0.3 is 0 Å². The molecule has 1 heterocycles. The Balaban J connectivity index is 2.27. The van der Waals surface area contributed by atoms with Gasteiger partial charge in [-0.3, -0.25) is 4.79 Å². The molecular weight excluding hydrogens is 192 g/mol. The number of nitrogens with two attached hydrogens (primary N) is 2. The van der Waals surface area contributed by atoms with Crippen LogP contribution in [0.1, 0.15) is 5.56 Å². The minimum Gasteiger partial charge on any atom is -0.397 e. The lowest BCUT2D eigenvalue weighted by Crippen LogP contribution is -2.14. The number of hydrogen-bond donors (Lipinski definition) is 4. The Bertz CT molecular complexity index is 403. The zero-order valence-electron chi connectivity index (χ0n) is 8.34. The number of rotatable bonds is 3. The first-order valence-corrected chi connectivity index (χ1v) is 4.87. The number of carbonyl (C=O) groups is 1. The Kier molecular flexibility index (Phi) is 2.47. The molecule has 0 unspecified atom stereocenters. The van der Waals surface area contributed by atoms with Gasteiger partial charge in [-0.25, -0.2) is 0 Å². The molecule has 0 aliphatic carbocycles. The van der Waals surface area contributed by atoms with E-state index in [1.54, 1.807) is 0 Å². The fraction of sp³-hybridized carbons (Fsp3) is 0.300. The fourth-order valence-corrected chi connectivity index (χ4v) is 1.65. The van der Waals surface area contributed by atoms with Gasteiger partial charge in [-0.2, -0.15) is 0 Å². The van der Waals surface area contributed by atoms with Crippen LogP contribution in [0, 0.1) is 0 Å². The van der Waals surface area contributed by atoms with E-state index in [4.69, 9.17) is 11.5 Å². The van der Waals surface area contributed by atoms with Crippen molar-refractivity contribution < 1.29 is 4.79 Å². The summed E-state index contributed by atoms with van der Waals surface area (Å²) in [6, 6.07) is 3.68. The molecule has 0 radical (unpaired) electrons. The van der Waals surface area contributed by atoms with E-state index in [0.717, 1.165) is 16.9 Å². The summed E-state index contributed by atoms with van der Waals surface area (Å²) in [6.45, 7) is 1.21. The smallest absolute Gasteiger partial charge is 0.228 e. The molecular formula is C10H14N4O. The Morgan fingerprint density at radius 2 is 2.27 bits per heavy atom. The SMILES string of the molecule is NCCNc1cc2c(cc1N)CC(=O)N2. The van der Waals surface area contributed by atoms with Crippen molar-refractivity contribution in [3.8, 4) is 0 Å². The first-order chi connectivity index (χ1) is 7.20. The van der Waals surface area contributed by atoms with Crippen LogP contribution < -0.4 is 22.1 Å². The van der Waals surface area contributed by atoms with Crippen LogP contribution in [0.25, 0.3) is 0 Å². The maximum atomic E-state index is 11.1. The number of amides is 1. The first kappa shape index (κ1) is 9.79. The predicted octanol–water partition coefficient (Wildman–Crippen LogP) is 0.134. The second kappa shape index (κ2) is 3.78. The number of carbonyl (C=O) groups excluding carboxylic acids is 1. The van der Waals surface area contributed by atoms with Crippen molar-refractivity contribution in [2.75, 3.05) is 29.5 Å². The van der Waals surface area contributed by atoms with E-state index in [1.807, 2.05) is 12.1 Å². The van der Waals surface area contributed by atoms with Crippen LogP contribution in [0.5, 0.6) is 0 Å². The lowest BCUT2D eigenvalue weighted by Gasteiger charge is -2.10. The van der Waals surface area contributed by atoms with Crippen LogP contribution in [0.2, 0.25) is 0 Å². The second-order valence-electron chi connectivity index (χ2n) is 3.54. The summed E-state index contributed by atoms with van der Waals surface area (Å²) in [5.74, 6) is 0.0142. The van der Waals surface area contributed by atoms with Gasteiger partial charge in [0.25, 0.3) is 0 Å². The largest absolute Gasteiger partial charge is 0.397 e. The third-order valence-electron chi connectivity index (χ3n) is 2.36. The Morgan fingerprint density at radius 3 is 3.00 bits per heavy atom. The summed E-state index contributed by atoms with van der Waals surface area (Å²) in [7, 11) is 0. The van der Waals surface area contributed by atoms with Crippen molar-refractivity contribution >= 4 is 23.0 Å². The summed E-state index contributed by atoms with van der Waals surface area (Å²) in [5.41, 5.74) is 14.5. The molecule has 5 heteroatoms. The average Bonchev–Trinajstić information content (AvgIpc) is 2.53. The molecule has 0 atom stereocenters. The molecule has 0 saturated heterocycles. The summed E-state index contributed by atoms with van der Waals surface area (Å²) in [4.78, 5) is 11.1. The molecule has 5 nitrogen and oxygen atoms in total. The highest BCUT2D eigenvalue weighted by Crippen LogP contribution is 2.31. The highest BCUT2D eigenvalue weighted by molar-refractivity contribution is 6.00. The average molecular weight is 206 g/mol. The third kappa shape index (κ3) is 1.87. The van der Waals surface area contributed by atoms with Crippen molar-refractivity contribution in [1.29, 1.82) is 0 Å². The van der Waals surface area contributed by atoms with Gasteiger partial charge in [0.05, 0.1) is 17.8 Å². The maximum absolute atomic E-state index is 11.1. The van der Waals surface area contributed by atoms with Gasteiger partial charge in [-0.05, 0) is 17.7 Å². The lowest BCUT2D eigenvalue weighted by molar-refractivity contribution is -0.115. The molecule has 15 heavy (non-hydrogen) atoms. The van der Waals surface area contributed by atoms with Crippen molar-refractivity contribution in [2.45, 2.75) is 6.42 Å². The zero-order chi connectivity index (χ0) is 10.8. The summed E-state index contributed by atoms with van der Waals surface area (Å²) in [6.07, 6.45) is 0.413. The molecule has 1 aliphatic heterocycles. The van der Waals surface area contributed by atoms with Crippen molar-refractivity contribution in [3.63, 3.8) is 0 Å². The predicted molar refractivity (Wildman–Crippen MR) is 60.7 cm³/mol. The third-order valence-corrected chi connectivity index (χ3v) is 2.36. The molecule has 6 N–H and O–H groups in total. The van der Waals surface area contributed by atoms with Crippen LogP contribution in [-0.4, -0.2) is 19.0 Å². The van der Waals surface area contributed by atoms with Crippen molar-refractivity contribution in [2.24, 2.45) is 5.73 Å². The van der Waals surface area contributed by atoms with Gasteiger partial charge < -0.3 is 22.1 Å². The lowest BCUT2D eigenvalue weighted by atomic mass is 10.1. The number of hydrogen-bond acceptors (Lipinski definition) is 4. The molecule has 1 aromatic rings. The van der Waals surface area contributed by atoms with E-state index < -0.39 is 0 Å². The first-order valence-electron chi connectivity index (χ1n) is 4.87. The number of fused-ring (bicyclic) bond motifs is 1. The van der Waals surface area contributed by atoms with Gasteiger partial charge in [0, 0.05) is 18.8 Å². The molecule has 0 spiro atoms. The number of anilines is 3. The Hall–Kier alpha value is -1.75. The van der Waals surface area contributed by atoms with Crippen molar-refractivity contribution in [1.82, 2.24) is 0 Å². The maximum Gasteiger partial charge on any atom is 0.228 e. The van der Waals surface area contributed by atoms with Crippen LogP contribution in [0.4, 0.5) is 17.1 Å². The molecule has 80 valence electrons. The highest BCUT2D eigenvalue weighted by Gasteiger charge is 2.18. The van der Waals surface area contributed by atoms with Gasteiger partial charge in [0.15, 0.2) is 0 Å². The molecule has 1 amide bonds. The van der Waals surface area contributed by atoms with E-state index in [1.165, 1.54) is 0 Å². The Morgan fingerprint density at radius 1 is 1.47 bits per heavy atom. The number of nitrogen functional groups attached to an aromatic ring is 1. The molecule has 0 fully saturated rings. The molecule has 0 bridgehead atoms. The number of benzene rings is 1. The van der Waals surface area contributed by atoms with Gasteiger partial charge in [-0.15, -0.1) is 0 Å². The monoisotopic (exact) mass is 206 g/mol. The second-order valence-corrected chi connectivity index (χ2v) is 3.54. The van der Waals surface area contributed by atoms with E-state index in [0.29, 0.717) is 25.2 Å². The van der Waals surface area contributed by atoms with E-state index in [2.05, 4.69) is 10.6 Å². The zero-order valence-corrected chi connectivity index (χ0v) is 8.34. The standard InChI is InChI=1S/C10H14N4O/c11-1-2-13-9-5-8-6(3-7(9)12)4-10(15)14-8/h3,5,13H,1-2,4,11-12H2,(H,14,15). The quantitative estimate of drug-likeness (QED) is 0.529. The van der Waals surface area contributed by atoms with Gasteiger partial charge in [0.2, 0.25) is 5.91 Å². The van der Waals surface area contributed by atoms with E-state index >= 15 is 0 Å². The summed E-state index contributed by atoms with van der Waals surface area (Å²) in [5, 5.41) is 5.88. The Labute approximate surface area is 87.8 Å². The highest BCUT2D eigenvalue weighted by atomic mass is 16.1. The molecule has 0 saturated carbocycles. The molecule has 2 rings (SSSR count). The summed E-state index contributed by atoms with van der Waals surface area (Å²) < 4.78 is 0. The van der Waals surface area contributed by atoms with Gasteiger partial charge in [-0.1, -0.05) is 0 Å². The number of nitrogens with one attached hydrogen (secondary N) is 2. The topological polar surface area (TPSA) is 93.2 Å². The molecule has 1 aliphatic rings. The molecule has 1 aromatic carbocycles. The van der Waals surface area contributed by atoms with E-state index in [9.17, 15) is 4.79 Å². The van der Waals surface area contributed by atoms with Crippen LogP contribution in [-0.2, 0) is 11.2 Å². The fourth-order valence-electron chi connectivity index (χ4n) is 1.65.